The lowest BCUT2D eigenvalue weighted by Gasteiger charge is -2.27. The predicted molar refractivity (Wildman–Crippen MR) is 85.4 cm³/mol. The number of amides is 1. The summed E-state index contributed by atoms with van der Waals surface area (Å²) in [5, 5.41) is 3.12. The molecule has 0 spiro atoms. The fraction of sp³-hybridized carbons (Fsp3) is 0.941. The van der Waals surface area contributed by atoms with Crippen molar-refractivity contribution in [1.82, 2.24) is 5.32 Å². The molecule has 3 heteroatoms. The summed E-state index contributed by atoms with van der Waals surface area (Å²) in [6.07, 6.45) is 10.7. The summed E-state index contributed by atoms with van der Waals surface area (Å²) < 4.78 is 0. The summed E-state index contributed by atoms with van der Waals surface area (Å²) in [5.74, 6) is 1.87. The van der Waals surface area contributed by atoms with Gasteiger partial charge in [0, 0.05) is 12.5 Å². The van der Waals surface area contributed by atoms with Gasteiger partial charge in [-0.3, -0.25) is 4.79 Å². The van der Waals surface area contributed by atoms with E-state index in [-0.39, 0.29) is 11.8 Å². The second-order valence-electron chi connectivity index (χ2n) is 6.85. The average molecular weight is 282 g/mol. The van der Waals surface area contributed by atoms with Gasteiger partial charge in [-0.05, 0) is 44.1 Å². The summed E-state index contributed by atoms with van der Waals surface area (Å²) >= 11 is 0. The van der Waals surface area contributed by atoms with Gasteiger partial charge in [0.05, 0.1) is 0 Å². The van der Waals surface area contributed by atoms with Crippen LogP contribution in [0.2, 0.25) is 0 Å². The number of rotatable bonds is 9. The lowest BCUT2D eigenvalue weighted by atomic mass is 9.81. The summed E-state index contributed by atoms with van der Waals surface area (Å²) in [6, 6.07) is 0. The molecule has 1 aliphatic rings. The Morgan fingerprint density at radius 1 is 1.20 bits per heavy atom. The van der Waals surface area contributed by atoms with E-state index in [1.54, 1.807) is 0 Å². The second kappa shape index (κ2) is 10.2. The summed E-state index contributed by atoms with van der Waals surface area (Å²) in [6.45, 7) is 6.14. The fourth-order valence-electron chi connectivity index (χ4n) is 3.13. The smallest absolute Gasteiger partial charge is 0.223 e. The van der Waals surface area contributed by atoms with Crippen molar-refractivity contribution in [2.24, 2.45) is 23.5 Å². The highest BCUT2D eigenvalue weighted by Gasteiger charge is 2.25. The quantitative estimate of drug-likeness (QED) is 0.636. The van der Waals surface area contributed by atoms with E-state index in [2.05, 4.69) is 19.2 Å². The number of nitrogens with two attached hydrogens (primary N) is 1. The van der Waals surface area contributed by atoms with Crippen LogP contribution in [0.15, 0.2) is 0 Å². The molecule has 2 unspecified atom stereocenters. The van der Waals surface area contributed by atoms with Crippen LogP contribution in [0.4, 0.5) is 0 Å². The highest BCUT2D eigenvalue weighted by molar-refractivity contribution is 5.78. The highest BCUT2D eigenvalue weighted by atomic mass is 16.1. The third-order valence-electron chi connectivity index (χ3n) is 4.49. The standard InChI is InChI=1S/C17H34N2O/c1-14(2)8-5-3-4-6-11-19-17(20)16-10-7-9-15(12-16)13-18/h14-16H,3-13,18H2,1-2H3,(H,19,20). The van der Waals surface area contributed by atoms with E-state index in [1.807, 2.05) is 0 Å². The van der Waals surface area contributed by atoms with Gasteiger partial charge in [0.2, 0.25) is 5.91 Å². The van der Waals surface area contributed by atoms with E-state index < -0.39 is 0 Å². The Morgan fingerprint density at radius 2 is 1.95 bits per heavy atom. The van der Waals surface area contributed by atoms with E-state index in [9.17, 15) is 4.79 Å². The molecule has 0 aromatic heterocycles. The lowest BCUT2D eigenvalue weighted by molar-refractivity contribution is -0.126. The molecule has 0 saturated heterocycles. The summed E-state index contributed by atoms with van der Waals surface area (Å²) in [5.41, 5.74) is 5.72. The van der Waals surface area contributed by atoms with E-state index in [1.165, 1.54) is 32.1 Å². The molecule has 2 atom stereocenters. The molecular weight excluding hydrogens is 248 g/mol. The maximum atomic E-state index is 12.1. The Hall–Kier alpha value is -0.570. The lowest BCUT2D eigenvalue weighted by Crippen LogP contribution is -2.35. The molecule has 1 amide bonds. The van der Waals surface area contributed by atoms with Crippen LogP contribution < -0.4 is 11.1 Å². The normalized spacial score (nSPS) is 23.0. The van der Waals surface area contributed by atoms with Crippen molar-refractivity contribution in [3.8, 4) is 0 Å². The Kier molecular flexibility index (Phi) is 8.92. The number of unbranched alkanes of at least 4 members (excludes halogenated alkanes) is 3. The molecular formula is C17H34N2O. The molecule has 1 aliphatic carbocycles. The molecule has 1 fully saturated rings. The van der Waals surface area contributed by atoms with Crippen LogP contribution in [-0.4, -0.2) is 19.0 Å². The molecule has 1 rings (SSSR count). The molecule has 3 N–H and O–H groups in total. The number of nitrogens with one attached hydrogen (secondary N) is 1. The topological polar surface area (TPSA) is 55.1 Å². The zero-order valence-electron chi connectivity index (χ0n) is 13.5. The van der Waals surface area contributed by atoms with E-state index in [0.717, 1.165) is 44.7 Å². The minimum absolute atomic E-state index is 0.221. The van der Waals surface area contributed by atoms with Gasteiger partial charge in [0.25, 0.3) is 0 Å². The van der Waals surface area contributed by atoms with Gasteiger partial charge in [0.15, 0.2) is 0 Å². The maximum absolute atomic E-state index is 12.1. The van der Waals surface area contributed by atoms with Crippen LogP contribution in [0.1, 0.15) is 71.6 Å². The van der Waals surface area contributed by atoms with Crippen molar-refractivity contribution >= 4 is 5.91 Å². The third kappa shape index (κ3) is 7.28. The number of hydrogen-bond donors (Lipinski definition) is 2. The second-order valence-corrected chi connectivity index (χ2v) is 6.85. The molecule has 118 valence electrons. The van der Waals surface area contributed by atoms with Crippen molar-refractivity contribution in [2.75, 3.05) is 13.1 Å². The zero-order valence-corrected chi connectivity index (χ0v) is 13.5. The van der Waals surface area contributed by atoms with Crippen LogP contribution in [-0.2, 0) is 4.79 Å². The van der Waals surface area contributed by atoms with Crippen LogP contribution in [0, 0.1) is 17.8 Å². The third-order valence-corrected chi connectivity index (χ3v) is 4.49. The Morgan fingerprint density at radius 3 is 2.65 bits per heavy atom. The van der Waals surface area contributed by atoms with Gasteiger partial charge in [-0.15, -0.1) is 0 Å². The molecule has 1 saturated carbocycles. The molecule has 0 aliphatic heterocycles. The molecule has 0 aromatic carbocycles. The summed E-state index contributed by atoms with van der Waals surface area (Å²) in [7, 11) is 0. The van der Waals surface area contributed by atoms with Crippen molar-refractivity contribution < 1.29 is 4.79 Å². The van der Waals surface area contributed by atoms with Gasteiger partial charge < -0.3 is 11.1 Å². The van der Waals surface area contributed by atoms with E-state index in [4.69, 9.17) is 5.73 Å². The number of hydrogen-bond acceptors (Lipinski definition) is 2. The summed E-state index contributed by atoms with van der Waals surface area (Å²) in [4.78, 5) is 12.1. The number of carbonyl (C=O) groups excluding carboxylic acids is 1. The Labute approximate surface area is 125 Å². The van der Waals surface area contributed by atoms with Gasteiger partial charge in [-0.25, -0.2) is 0 Å². The molecule has 0 radical (unpaired) electrons. The Balaban J connectivity index is 2.02. The van der Waals surface area contributed by atoms with Crippen molar-refractivity contribution in [1.29, 1.82) is 0 Å². The van der Waals surface area contributed by atoms with Crippen molar-refractivity contribution in [3.05, 3.63) is 0 Å². The number of carbonyl (C=O) groups is 1. The molecule has 0 heterocycles. The van der Waals surface area contributed by atoms with Crippen LogP contribution >= 0.6 is 0 Å². The zero-order chi connectivity index (χ0) is 14.8. The van der Waals surface area contributed by atoms with E-state index >= 15 is 0 Å². The molecule has 0 aromatic rings. The average Bonchev–Trinajstić information content (AvgIpc) is 2.45. The predicted octanol–water partition coefficient (Wildman–Crippen LogP) is 3.47. The van der Waals surface area contributed by atoms with Gasteiger partial charge in [-0.2, -0.15) is 0 Å². The first kappa shape index (κ1) is 17.5. The van der Waals surface area contributed by atoms with Gasteiger partial charge in [-0.1, -0.05) is 46.0 Å². The maximum Gasteiger partial charge on any atom is 0.223 e. The van der Waals surface area contributed by atoms with Gasteiger partial charge in [0.1, 0.15) is 0 Å². The monoisotopic (exact) mass is 282 g/mol. The SMILES string of the molecule is CC(C)CCCCCCNC(=O)C1CCCC(CN)C1. The first-order valence-corrected chi connectivity index (χ1v) is 8.61. The first-order chi connectivity index (χ1) is 9.63. The van der Waals surface area contributed by atoms with Crippen molar-refractivity contribution in [3.63, 3.8) is 0 Å². The minimum atomic E-state index is 0.221. The fourth-order valence-corrected chi connectivity index (χ4v) is 3.13. The van der Waals surface area contributed by atoms with Gasteiger partial charge >= 0.3 is 0 Å². The van der Waals surface area contributed by atoms with Crippen LogP contribution in [0.3, 0.4) is 0 Å². The van der Waals surface area contributed by atoms with Crippen molar-refractivity contribution in [2.45, 2.75) is 71.6 Å². The molecule has 3 nitrogen and oxygen atoms in total. The largest absolute Gasteiger partial charge is 0.356 e. The van der Waals surface area contributed by atoms with Crippen LogP contribution in [0.5, 0.6) is 0 Å². The van der Waals surface area contributed by atoms with E-state index in [0.29, 0.717) is 5.92 Å². The minimum Gasteiger partial charge on any atom is -0.356 e. The van der Waals surface area contributed by atoms with Crippen LogP contribution in [0.25, 0.3) is 0 Å². The Bertz CT molecular complexity index is 266. The highest BCUT2D eigenvalue weighted by Crippen LogP contribution is 2.28. The molecule has 20 heavy (non-hydrogen) atoms. The first-order valence-electron chi connectivity index (χ1n) is 8.61. The molecule has 0 bridgehead atoms.